The molecule has 1 amide bonds. The molecule has 0 saturated carbocycles. The molecule has 2 aromatic heterocycles. The van der Waals surface area contributed by atoms with Gasteiger partial charge < -0.3 is 10.3 Å². The number of aromatic nitrogens is 1. The van der Waals surface area contributed by atoms with Crippen molar-refractivity contribution in [3.63, 3.8) is 0 Å². The first-order chi connectivity index (χ1) is 7.22. The summed E-state index contributed by atoms with van der Waals surface area (Å²) in [7, 11) is 0. The Morgan fingerprint density at radius 1 is 1.53 bits per heavy atom. The fourth-order valence-corrected chi connectivity index (χ4v) is 1.98. The van der Waals surface area contributed by atoms with Crippen molar-refractivity contribution in [3.05, 3.63) is 29.0 Å². The Bertz CT molecular complexity index is 515. The lowest BCUT2D eigenvalue weighted by atomic mass is 10.2. The van der Waals surface area contributed by atoms with Gasteiger partial charge in [-0.3, -0.25) is 9.59 Å². The van der Waals surface area contributed by atoms with Crippen LogP contribution < -0.4 is 5.73 Å². The minimum Gasteiger partial charge on any atom is -0.364 e. The molecule has 0 aromatic carbocycles. The Morgan fingerprint density at radius 3 is 2.93 bits per heavy atom. The molecule has 0 saturated heterocycles. The normalized spacial score (nSPS) is 10.1. The zero-order chi connectivity index (χ0) is 10.8. The van der Waals surface area contributed by atoms with Gasteiger partial charge in [0, 0.05) is 4.88 Å². The predicted molar refractivity (Wildman–Crippen MR) is 53.7 cm³/mol. The van der Waals surface area contributed by atoms with Crippen LogP contribution in [0.2, 0.25) is 0 Å². The van der Waals surface area contributed by atoms with Gasteiger partial charge in [0.1, 0.15) is 6.26 Å². The summed E-state index contributed by atoms with van der Waals surface area (Å²) < 4.78 is 4.67. The zero-order valence-corrected chi connectivity index (χ0v) is 8.28. The molecule has 0 spiro atoms. The molecule has 0 radical (unpaired) electrons. The average molecular weight is 222 g/mol. The van der Waals surface area contributed by atoms with Crippen LogP contribution in [0.3, 0.4) is 0 Å². The first kappa shape index (κ1) is 9.60. The van der Waals surface area contributed by atoms with E-state index in [-0.39, 0.29) is 5.69 Å². The monoisotopic (exact) mass is 222 g/mol. The van der Waals surface area contributed by atoms with Gasteiger partial charge in [0.2, 0.25) is 0 Å². The van der Waals surface area contributed by atoms with Crippen molar-refractivity contribution < 1.29 is 14.1 Å². The predicted octanol–water partition coefficient (Wildman–Crippen LogP) is 1.31. The second-order valence-electron chi connectivity index (χ2n) is 2.76. The lowest BCUT2D eigenvalue weighted by molar-refractivity contribution is 0.0992. The molecule has 5 nitrogen and oxygen atoms in total. The Hall–Kier alpha value is -1.95. The molecular weight excluding hydrogens is 216 g/mol. The van der Waals surface area contributed by atoms with Crippen molar-refractivity contribution in [2.24, 2.45) is 5.73 Å². The van der Waals surface area contributed by atoms with E-state index in [1.165, 1.54) is 17.6 Å². The van der Waals surface area contributed by atoms with E-state index in [4.69, 9.17) is 5.73 Å². The summed E-state index contributed by atoms with van der Waals surface area (Å²) in [5.41, 5.74) is 5.70. The molecule has 2 N–H and O–H groups in total. The maximum atomic E-state index is 11.0. The number of rotatable bonds is 3. The van der Waals surface area contributed by atoms with Crippen LogP contribution in [0.1, 0.15) is 20.2 Å². The fourth-order valence-electron chi connectivity index (χ4n) is 1.15. The first-order valence-electron chi connectivity index (χ1n) is 4.02. The van der Waals surface area contributed by atoms with E-state index in [0.29, 0.717) is 10.4 Å². The zero-order valence-electron chi connectivity index (χ0n) is 7.47. The minimum atomic E-state index is -0.653. The van der Waals surface area contributed by atoms with Crippen LogP contribution in [0, 0.1) is 0 Å². The summed E-state index contributed by atoms with van der Waals surface area (Å²) in [5, 5.41) is 3.50. The molecule has 2 aromatic rings. The molecule has 0 fully saturated rings. The molecular formula is C9H6N2O3S. The molecule has 2 heterocycles. The maximum Gasteiger partial charge on any atom is 0.271 e. The van der Waals surface area contributed by atoms with Crippen LogP contribution in [0.15, 0.2) is 22.9 Å². The topological polar surface area (TPSA) is 86.2 Å². The maximum absolute atomic E-state index is 11.0. The van der Waals surface area contributed by atoms with Gasteiger partial charge in [-0.05, 0) is 12.1 Å². The molecule has 76 valence electrons. The van der Waals surface area contributed by atoms with E-state index in [0.717, 1.165) is 11.2 Å². The largest absolute Gasteiger partial charge is 0.364 e. The minimum absolute atomic E-state index is 0.0781. The summed E-state index contributed by atoms with van der Waals surface area (Å²) in [5.74, 6) is -0.653. The summed E-state index contributed by atoms with van der Waals surface area (Å²) in [6.07, 6.45) is 2.08. The number of aldehydes is 1. The SMILES string of the molecule is NC(=O)c1nocc1-c1ccc(C=O)s1. The number of hydrogen-bond donors (Lipinski definition) is 1. The highest BCUT2D eigenvalue weighted by Gasteiger charge is 2.16. The van der Waals surface area contributed by atoms with Gasteiger partial charge in [-0.25, -0.2) is 0 Å². The Labute approximate surface area is 88.5 Å². The molecule has 0 aliphatic rings. The van der Waals surface area contributed by atoms with Gasteiger partial charge in [0.15, 0.2) is 12.0 Å². The molecule has 0 atom stereocenters. The summed E-state index contributed by atoms with van der Waals surface area (Å²) in [4.78, 5) is 22.8. The van der Waals surface area contributed by atoms with Crippen molar-refractivity contribution in [3.8, 4) is 10.4 Å². The second-order valence-corrected chi connectivity index (χ2v) is 3.88. The lowest BCUT2D eigenvalue weighted by Crippen LogP contribution is -2.12. The van der Waals surface area contributed by atoms with Crippen LogP contribution in [-0.4, -0.2) is 17.4 Å². The van der Waals surface area contributed by atoms with Crippen molar-refractivity contribution >= 4 is 23.5 Å². The van der Waals surface area contributed by atoms with E-state index >= 15 is 0 Å². The number of primary amides is 1. The van der Waals surface area contributed by atoms with Crippen LogP contribution in [0.25, 0.3) is 10.4 Å². The number of carbonyl (C=O) groups is 2. The van der Waals surface area contributed by atoms with E-state index in [1.54, 1.807) is 12.1 Å². The van der Waals surface area contributed by atoms with Crippen LogP contribution in [-0.2, 0) is 0 Å². The Morgan fingerprint density at radius 2 is 2.33 bits per heavy atom. The molecule has 0 aliphatic heterocycles. The molecule has 0 aliphatic carbocycles. The molecule has 0 unspecified atom stereocenters. The van der Waals surface area contributed by atoms with Crippen molar-refractivity contribution in [1.82, 2.24) is 5.16 Å². The van der Waals surface area contributed by atoms with Crippen molar-refractivity contribution in [2.75, 3.05) is 0 Å². The summed E-state index contributed by atoms with van der Waals surface area (Å²) >= 11 is 1.25. The van der Waals surface area contributed by atoms with E-state index in [2.05, 4.69) is 9.68 Å². The number of carbonyl (C=O) groups excluding carboxylic acids is 2. The van der Waals surface area contributed by atoms with Gasteiger partial charge in [0.05, 0.1) is 10.4 Å². The van der Waals surface area contributed by atoms with Gasteiger partial charge in [-0.1, -0.05) is 5.16 Å². The van der Waals surface area contributed by atoms with Gasteiger partial charge in [0.25, 0.3) is 5.91 Å². The number of hydrogen-bond acceptors (Lipinski definition) is 5. The van der Waals surface area contributed by atoms with Crippen LogP contribution in [0.4, 0.5) is 0 Å². The number of thiophene rings is 1. The molecule has 2 rings (SSSR count). The smallest absolute Gasteiger partial charge is 0.271 e. The molecule has 15 heavy (non-hydrogen) atoms. The lowest BCUT2D eigenvalue weighted by Gasteiger charge is -1.91. The quantitative estimate of drug-likeness (QED) is 0.793. The van der Waals surface area contributed by atoms with E-state index < -0.39 is 5.91 Å². The van der Waals surface area contributed by atoms with Crippen molar-refractivity contribution in [2.45, 2.75) is 0 Å². The van der Waals surface area contributed by atoms with Crippen LogP contribution >= 0.6 is 11.3 Å². The number of amides is 1. The highest BCUT2D eigenvalue weighted by molar-refractivity contribution is 7.17. The second kappa shape index (κ2) is 3.66. The third-order valence-corrected chi connectivity index (χ3v) is 2.86. The van der Waals surface area contributed by atoms with Gasteiger partial charge >= 0.3 is 0 Å². The van der Waals surface area contributed by atoms with Crippen molar-refractivity contribution in [1.29, 1.82) is 0 Å². The van der Waals surface area contributed by atoms with E-state index in [9.17, 15) is 9.59 Å². The van der Waals surface area contributed by atoms with E-state index in [1.807, 2.05) is 0 Å². The standard InChI is InChI=1S/C9H6N2O3S/c10-9(13)8-6(4-14-11-8)7-2-1-5(3-12)15-7/h1-4H,(H2,10,13). The highest BCUT2D eigenvalue weighted by Crippen LogP contribution is 2.29. The summed E-state index contributed by atoms with van der Waals surface area (Å²) in [6.45, 7) is 0. The molecule has 6 heteroatoms. The molecule has 0 bridgehead atoms. The Kier molecular flexibility index (Phi) is 2.34. The number of nitrogens with two attached hydrogens (primary N) is 1. The highest BCUT2D eigenvalue weighted by atomic mass is 32.1. The van der Waals surface area contributed by atoms with Gasteiger partial charge in [-0.2, -0.15) is 0 Å². The third-order valence-electron chi connectivity index (χ3n) is 1.81. The average Bonchev–Trinajstić information content (AvgIpc) is 2.85. The Balaban J connectivity index is 2.48. The fraction of sp³-hybridized carbons (Fsp3) is 0. The first-order valence-corrected chi connectivity index (χ1v) is 4.83. The van der Waals surface area contributed by atoms with Crippen LogP contribution in [0.5, 0.6) is 0 Å². The number of nitrogens with zero attached hydrogens (tertiary/aromatic N) is 1. The third kappa shape index (κ3) is 1.66. The van der Waals surface area contributed by atoms with Gasteiger partial charge in [-0.15, -0.1) is 11.3 Å². The summed E-state index contributed by atoms with van der Waals surface area (Å²) in [6, 6.07) is 3.37.